The normalized spacial score (nSPS) is 10.3. The van der Waals surface area contributed by atoms with E-state index in [0.29, 0.717) is 24.6 Å². The number of amides is 1. The molecule has 1 amide bonds. The van der Waals surface area contributed by atoms with Crippen LogP contribution in [-0.2, 0) is 17.6 Å². The molecule has 2 aromatic carbocycles. The van der Waals surface area contributed by atoms with E-state index in [1.54, 1.807) is 12.1 Å². The SMILES string of the molecule is CCOc1ccccc1CCCNC(=O)Cc1ccc(Cl)cc1. The van der Waals surface area contributed by atoms with Gasteiger partial charge in [0.05, 0.1) is 13.0 Å². The molecule has 0 aliphatic carbocycles. The van der Waals surface area contributed by atoms with Crippen LogP contribution in [0.4, 0.5) is 0 Å². The monoisotopic (exact) mass is 331 g/mol. The molecule has 0 radical (unpaired) electrons. The van der Waals surface area contributed by atoms with Gasteiger partial charge < -0.3 is 10.1 Å². The van der Waals surface area contributed by atoms with Crippen LogP contribution < -0.4 is 10.1 Å². The van der Waals surface area contributed by atoms with E-state index >= 15 is 0 Å². The maximum atomic E-state index is 11.9. The van der Waals surface area contributed by atoms with Crippen LogP contribution in [0.1, 0.15) is 24.5 Å². The van der Waals surface area contributed by atoms with E-state index in [0.717, 1.165) is 24.2 Å². The summed E-state index contributed by atoms with van der Waals surface area (Å²) < 4.78 is 5.61. The van der Waals surface area contributed by atoms with Crippen LogP contribution in [0.2, 0.25) is 5.02 Å². The second kappa shape index (κ2) is 9.21. The van der Waals surface area contributed by atoms with Crippen LogP contribution in [-0.4, -0.2) is 19.1 Å². The molecule has 2 rings (SSSR count). The summed E-state index contributed by atoms with van der Waals surface area (Å²) in [6.45, 7) is 3.30. The summed E-state index contributed by atoms with van der Waals surface area (Å²) >= 11 is 5.83. The van der Waals surface area contributed by atoms with Crippen molar-refractivity contribution < 1.29 is 9.53 Å². The van der Waals surface area contributed by atoms with E-state index in [2.05, 4.69) is 11.4 Å². The molecular formula is C19H22ClNO2. The fourth-order valence-electron chi connectivity index (χ4n) is 2.36. The van der Waals surface area contributed by atoms with Gasteiger partial charge in [-0.3, -0.25) is 4.79 Å². The van der Waals surface area contributed by atoms with Crippen molar-refractivity contribution in [1.29, 1.82) is 0 Å². The Morgan fingerprint density at radius 1 is 1.13 bits per heavy atom. The number of ether oxygens (including phenoxy) is 1. The molecular weight excluding hydrogens is 310 g/mol. The van der Waals surface area contributed by atoms with Gasteiger partial charge in [-0.05, 0) is 49.1 Å². The highest BCUT2D eigenvalue weighted by molar-refractivity contribution is 6.30. The van der Waals surface area contributed by atoms with Gasteiger partial charge in [-0.1, -0.05) is 41.9 Å². The van der Waals surface area contributed by atoms with Gasteiger partial charge in [0, 0.05) is 11.6 Å². The highest BCUT2D eigenvalue weighted by Gasteiger charge is 2.05. The molecule has 0 atom stereocenters. The molecule has 0 saturated heterocycles. The van der Waals surface area contributed by atoms with Crippen LogP contribution >= 0.6 is 11.6 Å². The predicted octanol–water partition coefficient (Wildman–Crippen LogP) is 4.03. The van der Waals surface area contributed by atoms with E-state index < -0.39 is 0 Å². The molecule has 0 heterocycles. The Morgan fingerprint density at radius 2 is 1.87 bits per heavy atom. The minimum absolute atomic E-state index is 0.0328. The second-order valence-electron chi connectivity index (χ2n) is 5.30. The van der Waals surface area contributed by atoms with Gasteiger partial charge in [-0.2, -0.15) is 0 Å². The van der Waals surface area contributed by atoms with Crippen molar-refractivity contribution in [3.8, 4) is 5.75 Å². The van der Waals surface area contributed by atoms with Gasteiger partial charge in [0.15, 0.2) is 0 Å². The molecule has 0 fully saturated rings. The molecule has 23 heavy (non-hydrogen) atoms. The summed E-state index contributed by atoms with van der Waals surface area (Å²) in [7, 11) is 0. The van der Waals surface area contributed by atoms with Crippen molar-refractivity contribution in [2.45, 2.75) is 26.2 Å². The molecule has 0 saturated carbocycles. The molecule has 0 aliphatic heterocycles. The number of hydrogen-bond acceptors (Lipinski definition) is 2. The van der Waals surface area contributed by atoms with Crippen LogP contribution in [0.15, 0.2) is 48.5 Å². The summed E-state index contributed by atoms with van der Waals surface area (Å²) in [5.74, 6) is 0.966. The number of nitrogens with one attached hydrogen (secondary N) is 1. The van der Waals surface area contributed by atoms with Crippen LogP contribution in [0.25, 0.3) is 0 Å². The first-order valence-electron chi connectivity index (χ1n) is 7.91. The van der Waals surface area contributed by atoms with Crippen molar-refractivity contribution in [1.82, 2.24) is 5.32 Å². The average Bonchev–Trinajstić information content (AvgIpc) is 2.55. The Hall–Kier alpha value is -2.00. The lowest BCUT2D eigenvalue weighted by molar-refractivity contribution is -0.120. The van der Waals surface area contributed by atoms with E-state index in [1.165, 1.54) is 5.56 Å². The van der Waals surface area contributed by atoms with Crippen molar-refractivity contribution in [3.63, 3.8) is 0 Å². The number of carbonyl (C=O) groups is 1. The lowest BCUT2D eigenvalue weighted by Crippen LogP contribution is -2.26. The van der Waals surface area contributed by atoms with E-state index in [4.69, 9.17) is 16.3 Å². The Kier molecular flexibility index (Phi) is 6.95. The molecule has 0 aliphatic rings. The first-order valence-corrected chi connectivity index (χ1v) is 8.28. The van der Waals surface area contributed by atoms with E-state index in [-0.39, 0.29) is 5.91 Å². The smallest absolute Gasteiger partial charge is 0.224 e. The summed E-state index contributed by atoms with van der Waals surface area (Å²) in [6, 6.07) is 15.4. The quantitative estimate of drug-likeness (QED) is 0.742. The topological polar surface area (TPSA) is 38.3 Å². The largest absolute Gasteiger partial charge is 0.494 e. The van der Waals surface area contributed by atoms with Crippen molar-refractivity contribution in [2.24, 2.45) is 0 Å². The van der Waals surface area contributed by atoms with Crippen molar-refractivity contribution in [2.75, 3.05) is 13.2 Å². The molecule has 1 N–H and O–H groups in total. The lowest BCUT2D eigenvalue weighted by atomic mass is 10.1. The zero-order valence-electron chi connectivity index (χ0n) is 13.3. The zero-order valence-corrected chi connectivity index (χ0v) is 14.1. The first kappa shape index (κ1) is 17.4. The molecule has 4 heteroatoms. The molecule has 0 unspecified atom stereocenters. The van der Waals surface area contributed by atoms with Crippen molar-refractivity contribution in [3.05, 3.63) is 64.7 Å². The van der Waals surface area contributed by atoms with E-state index in [1.807, 2.05) is 37.3 Å². The average molecular weight is 332 g/mol. The van der Waals surface area contributed by atoms with Crippen molar-refractivity contribution >= 4 is 17.5 Å². The number of aryl methyl sites for hydroxylation is 1. The van der Waals surface area contributed by atoms with Gasteiger partial charge in [0.2, 0.25) is 5.91 Å². The Labute approximate surface area is 142 Å². The fourth-order valence-corrected chi connectivity index (χ4v) is 2.49. The third-order valence-electron chi connectivity index (χ3n) is 3.50. The number of benzene rings is 2. The maximum Gasteiger partial charge on any atom is 0.224 e. The summed E-state index contributed by atoms with van der Waals surface area (Å²) in [5, 5.41) is 3.64. The number of hydrogen-bond donors (Lipinski definition) is 1. The predicted molar refractivity (Wildman–Crippen MR) is 94.1 cm³/mol. The fraction of sp³-hybridized carbons (Fsp3) is 0.316. The summed E-state index contributed by atoms with van der Waals surface area (Å²) in [4.78, 5) is 11.9. The van der Waals surface area contributed by atoms with Gasteiger partial charge in [0.25, 0.3) is 0 Å². The minimum Gasteiger partial charge on any atom is -0.494 e. The highest BCUT2D eigenvalue weighted by atomic mass is 35.5. The third-order valence-corrected chi connectivity index (χ3v) is 3.75. The Bertz CT molecular complexity index is 626. The third kappa shape index (κ3) is 5.95. The van der Waals surface area contributed by atoms with Gasteiger partial charge in [-0.25, -0.2) is 0 Å². The molecule has 122 valence electrons. The lowest BCUT2D eigenvalue weighted by Gasteiger charge is -2.10. The number of carbonyl (C=O) groups excluding carboxylic acids is 1. The maximum absolute atomic E-state index is 11.9. The highest BCUT2D eigenvalue weighted by Crippen LogP contribution is 2.19. The van der Waals surface area contributed by atoms with E-state index in [9.17, 15) is 4.79 Å². The number of halogens is 1. The molecule has 3 nitrogen and oxygen atoms in total. The summed E-state index contributed by atoms with van der Waals surface area (Å²) in [6.07, 6.45) is 2.15. The Balaban J connectivity index is 1.73. The first-order chi connectivity index (χ1) is 11.2. The standard InChI is InChI=1S/C19H22ClNO2/c1-2-23-18-8-4-3-6-16(18)7-5-13-21-19(22)14-15-9-11-17(20)12-10-15/h3-4,6,8-12H,2,5,7,13-14H2,1H3,(H,21,22). The molecule has 2 aromatic rings. The molecule has 0 spiro atoms. The second-order valence-corrected chi connectivity index (χ2v) is 5.73. The minimum atomic E-state index is 0.0328. The van der Waals surface area contributed by atoms with Crippen LogP contribution in [0, 0.1) is 0 Å². The zero-order chi connectivity index (χ0) is 16.5. The number of para-hydroxylation sites is 1. The van der Waals surface area contributed by atoms with Crippen LogP contribution in [0.3, 0.4) is 0 Å². The van der Waals surface area contributed by atoms with Crippen LogP contribution in [0.5, 0.6) is 5.75 Å². The Morgan fingerprint density at radius 3 is 2.61 bits per heavy atom. The number of rotatable bonds is 8. The van der Waals surface area contributed by atoms with Gasteiger partial charge in [-0.15, -0.1) is 0 Å². The molecule has 0 bridgehead atoms. The summed E-state index contributed by atoms with van der Waals surface area (Å²) in [5.41, 5.74) is 2.15. The van der Waals surface area contributed by atoms with Gasteiger partial charge >= 0.3 is 0 Å². The molecule has 0 aromatic heterocycles. The van der Waals surface area contributed by atoms with Gasteiger partial charge in [0.1, 0.15) is 5.75 Å².